The molecule has 1 amide bonds. The number of rotatable bonds is 12. The fourth-order valence-corrected chi connectivity index (χ4v) is 2.16. The number of nitrogens with two attached hydrogens (primary N) is 2. The minimum Gasteiger partial charge on any atom is -0.370 e. The van der Waals surface area contributed by atoms with E-state index in [1.54, 1.807) is 0 Å². The Kier molecular flexibility index (Phi) is 9.18. The molecular formula is C16H28N6O2. The van der Waals surface area contributed by atoms with Gasteiger partial charge in [-0.1, -0.05) is 26.2 Å². The van der Waals surface area contributed by atoms with Gasteiger partial charge in [0.1, 0.15) is 5.69 Å². The highest BCUT2D eigenvalue weighted by molar-refractivity contribution is 5.96. The van der Waals surface area contributed by atoms with Gasteiger partial charge >= 0.3 is 0 Å². The molecule has 0 atom stereocenters. The minimum absolute atomic E-state index is 0.0469. The number of ketones is 1. The van der Waals surface area contributed by atoms with E-state index in [1.165, 1.54) is 6.20 Å². The van der Waals surface area contributed by atoms with Gasteiger partial charge in [0.15, 0.2) is 17.6 Å². The molecule has 1 aromatic heterocycles. The van der Waals surface area contributed by atoms with Crippen LogP contribution >= 0.6 is 0 Å². The van der Waals surface area contributed by atoms with Gasteiger partial charge in [-0.3, -0.25) is 14.6 Å². The number of imidazole rings is 1. The normalized spacial score (nSPS) is 10.4. The SMILES string of the molecule is CCCCCNC(=O)c1ncc(C(=O)CCCCCN=C(N)N)[nH]1. The fraction of sp³-hybridized carbons (Fsp3) is 0.625. The molecule has 0 aliphatic carbocycles. The first kappa shape index (κ1) is 19.7. The van der Waals surface area contributed by atoms with Gasteiger partial charge in [0.2, 0.25) is 0 Å². The van der Waals surface area contributed by atoms with Gasteiger partial charge in [0.05, 0.1) is 6.20 Å². The van der Waals surface area contributed by atoms with E-state index in [9.17, 15) is 9.59 Å². The van der Waals surface area contributed by atoms with Crippen molar-refractivity contribution in [3.63, 3.8) is 0 Å². The Labute approximate surface area is 142 Å². The average Bonchev–Trinajstić information content (AvgIpc) is 3.04. The molecular weight excluding hydrogens is 308 g/mol. The second-order valence-corrected chi connectivity index (χ2v) is 5.65. The van der Waals surface area contributed by atoms with Crippen LogP contribution in [-0.2, 0) is 0 Å². The molecule has 0 saturated heterocycles. The summed E-state index contributed by atoms with van der Waals surface area (Å²) >= 11 is 0. The molecule has 8 heteroatoms. The number of aromatic amines is 1. The van der Waals surface area contributed by atoms with Crippen LogP contribution in [-0.4, -0.2) is 40.7 Å². The van der Waals surface area contributed by atoms with Crippen LogP contribution in [0.5, 0.6) is 0 Å². The summed E-state index contributed by atoms with van der Waals surface area (Å²) in [6.07, 6.45) is 7.38. The Balaban J connectivity index is 2.30. The third-order valence-electron chi connectivity index (χ3n) is 3.51. The number of hydrogen-bond donors (Lipinski definition) is 4. The molecule has 0 aromatic carbocycles. The van der Waals surface area contributed by atoms with Crippen LogP contribution in [0.1, 0.15) is 73.0 Å². The summed E-state index contributed by atoms with van der Waals surface area (Å²) in [5.41, 5.74) is 10.8. The first-order valence-corrected chi connectivity index (χ1v) is 8.46. The summed E-state index contributed by atoms with van der Waals surface area (Å²) in [4.78, 5) is 34.6. The van der Waals surface area contributed by atoms with E-state index in [2.05, 4.69) is 27.2 Å². The molecule has 134 valence electrons. The molecule has 0 spiro atoms. The van der Waals surface area contributed by atoms with E-state index < -0.39 is 0 Å². The number of hydrogen-bond acceptors (Lipinski definition) is 4. The number of guanidine groups is 1. The van der Waals surface area contributed by atoms with Gasteiger partial charge in [-0.25, -0.2) is 4.98 Å². The highest BCUT2D eigenvalue weighted by Crippen LogP contribution is 2.07. The van der Waals surface area contributed by atoms with E-state index in [0.717, 1.165) is 38.5 Å². The van der Waals surface area contributed by atoms with Crippen molar-refractivity contribution in [3.8, 4) is 0 Å². The summed E-state index contributed by atoms with van der Waals surface area (Å²) in [5, 5.41) is 2.78. The Morgan fingerprint density at radius 1 is 1.21 bits per heavy atom. The second kappa shape index (κ2) is 11.2. The smallest absolute Gasteiger partial charge is 0.287 e. The summed E-state index contributed by atoms with van der Waals surface area (Å²) < 4.78 is 0. The van der Waals surface area contributed by atoms with Crippen LogP contribution in [0, 0.1) is 0 Å². The zero-order chi connectivity index (χ0) is 17.8. The molecule has 1 rings (SSSR count). The lowest BCUT2D eigenvalue weighted by Gasteiger charge is -2.02. The van der Waals surface area contributed by atoms with Crippen molar-refractivity contribution < 1.29 is 9.59 Å². The molecule has 0 fully saturated rings. The van der Waals surface area contributed by atoms with E-state index >= 15 is 0 Å². The maximum atomic E-state index is 12.1. The average molecular weight is 336 g/mol. The summed E-state index contributed by atoms with van der Waals surface area (Å²) in [6.45, 7) is 3.29. The Bertz CT molecular complexity index is 549. The van der Waals surface area contributed by atoms with E-state index in [0.29, 0.717) is 25.2 Å². The number of unbranched alkanes of at least 4 members (excludes halogenated alkanes) is 4. The third kappa shape index (κ3) is 7.75. The quantitative estimate of drug-likeness (QED) is 0.197. The monoisotopic (exact) mass is 336 g/mol. The molecule has 8 nitrogen and oxygen atoms in total. The van der Waals surface area contributed by atoms with Gasteiger partial charge in [-0.05, 0) is 19.3 Å². The molecule has 6 N–H and O–H groups in total. The van der Waals surface area contributed by atoms with Crippen molar-refractivity contribution in [3.05, 3.63) is 17.7 Å². The molecule has 0 bridgehead atoms. The molecule has 0 radical (unpaired) electrons. The topological polar surface area (TPSA) is 139 Å². The molecule has 24 heavy (non-hydrogen) atoms. The van der Waals surface area contributed by atoms with Crippen molar-refractivity contribution in [2.45, 2.75) is 51.9 Å². The third-order valence-corrected chi connectivity index (χ3v) is 3.51. The number of H-pyrrole nitrogens is 1. The molecule has 0 aliphatic rings. The standard InChI is InChI=1S/C16H28N6O2/c1-2-3-6-9-19-15(24)14-21-11-12(22-14)13(23)8-5-4-7-10-20-16(17)18/h11H,2-10H2,1H3,(H,19,24)(H,21,22)(H4,17,18,20). The maximum Gasteiger partial charge on any atom is 0.287 e. The van der Waals surface area contributed by atoms with Crippen LogP contribution in [0.4, 0.5) is 0 Å². The van der Waals surface area contributed by atoms with Gasteiger partial charge in [-0.15, -0.1) is 0 Å². The number of carbonyl (C=O) groups excluding carboxylic acids is 2. The molecule has 1 heterocycles. The van der Waals surface area contributed by atoms with Gasteiger partial charge in [0, 0.05) is 19.5 Å². The van der Waals surface area contributed by atoms with Crippen LogP contribution < -0.4 is 16.8 Å². The summed E-state index contributed by atoms with van der Waals surface area (Å²) in [7, 11) is 0. The lowest BCUT2D eigenvalue weighted by Crippen LogP contribution is -2.25. The second-order valence-electron chi connectivity index (χ2n) is 5.65. The van der Waals surface area contributed by atoms with Crippen molar-refractivity contribution >= 4 is 17.6 Å². The molecule has 0 unspecified atom stereocenters. The Hall–Kier alpha value is -2.38. The number of amides is 1. The van der Waals surface area contributed by atoms with Gasteiger partial charge in [0.25, 0.3) is 5.91 Å². The number of aliphatic imine (C=N–C) groups is 1. The summed E-state index contributed by atoms with van der Waals surface area (Å²) in [5.74, 6) is -0.0524. The predicted octanol–water partition coefficient (Wildman–Crippen LogP) is 1.35. The van der Waals surface area contributed by atoms with Crippen molar-refractivity contribution in [1.29, 1.82) is 0 Å². The number of carbonyl (C=O) groups is 2. The molecule has 0 saturated carbocycles. The molecule has 1 aromatic rings. The maximum absolute atomic E-state index is 12.1. The number of Topliss-reactive ketones (excluding diaryl/α,β-unsaturated/α-hetero) is 1. The Morgan fingerprint density at radius 2 is 2.00 bits per heavy atom. The summed E-state index contributed by atoms with van der Waals surface area (Å²) in [6, 6.07) is 0. The fourth-order valence-electron chi connectivity index (χ4n) is 2.16. The first-order chi connectivity index (χ1) is 11.5. The van der Waals surface area contributed by atoms with Crippen molar-refractivity contribution in [1.82, 2.24) is 15.3 Å². The van der Waals surface area contributed by atoms with E-state index in [4.69, 9.17) is 11.5 Å². The largest absolute Gasteiger partial charge is 0.370 e. The highest BCUT2D eigenvalue weighted by atomic mass is 16.2. The number of nitrogens with zero attached hydrogens (tertiary/aromatic N) is 2. The van der Waals surface area contributed by atoms with Gasteiger partial charge in [-0.2, -0.15) is 0 Å². The van der Waals surface area contributed by atoms with E-state index in [1.807, 2.05) is 0 Å². The number of aromatic nitrogens is 2. The zero-order valence-electron chi connectivity index (χ0n) is 14.3. The highest BCUT2D eigenvalue weighted by Gasteiger charge is 2.13. The predicted molar refractivity (Wildman–Crippen MR) is 93.9 cm³/mol. The van der Waals surface area contributed by atoms with Crippen LogP contribution in [0.3, 0.4) is 0 Å². The van der Waals surface area contributed by atoms with Crippen molar-refractivity contribution in [2.24, 2.45) is 16.5 Å². The van der Waals surface area contributed by atoms with Crippen LogP contribution in [0.15, 0.2) is 11.2 Å². The minimum atomic E-state index is -0.276. The van der Waals surface area contributed by atoms with Crippen LogP contribution in [0.25, 0.3) is 0 Å². The lowest BCUT2D eigenvalue weighted by molar-refractivity contribution is 0.0943. The number of nitrogens with one attached hydrogen (secondary N) is 2. The Morgan fingerprint density at radius 3 is 2.71 bits per heavy atom. The van der Waals surface area contributed by atoms with Crippen molar-refractivity contribution in [2.75, 3.05) is 13.1 Å². The lowest BCUT2D eigenvalue weighted by atomic mass is 10.1. The van der Waals surface area contributed by atoms with E-state index in [-0.39, 0.29) is 23.5 Å². The molecule has 0 aliphatic heterocycles. The van der Waals surface area contributed by atoms with Crippen LogP contribution in [0.2, 0.25) is 0 Å². The first-order valence-electron chi connectivity index (χ1n) is 8.46. The van der Waals surface area contributed by atoms with Gasteiger partial charge < -0.3 is 21.8 Å². The zero-order valence-corrected chi connectivity index (χ0v) is 14.3.